The second-order valence-electron chi connectivity index (χ2n) is 7.63. The number of methoxy groups -OCH3 is 1. The molecule has 4 atom stereocenters. The van der Waals surface area contributed by atoms with Crippen LogP contribution in [0.5, 0.6) is 11.5 Å². The van der Waals surface area contributed by atoms with Gasteiger partial charge in [0.1, 0.15) is 17.0 Å². The largest absolute Gasteiger partial charge is 0.497 e. The minimum absolute atomic E-state index is 0.0144. The molecule has 0 N–H and O–H groups in total. The molecule has 8 heteroatoms. The van der Waals surface area contributed by atoms with Crippen LogP contribution in [-0.2, 0) is 19.1 Å². The van der Waals surface area contributed by atoms with Crippen molar-refractivity contribution in [1.82, 2.24) is 9.80 Å². The zero-order valence-electron chi connectivity index (χ0n) is 16.4. The van der Waals surface area contributed by atoms with Gasteiger partial charge < -0.3 is 24.0 Å². The van der Waals surface area contributed by atoms with E-state index in [0.717, 1.165) is 5.56 Å². The van der Waals surface area contributed by atoms with Crippen molar-refractivity contribution in [3.05, 3.63) is 23.8 Å². The number of benzene rings is 1. The summed E-state index contributed by atoms with van der Waals surface area (Å²) in [6, 6.07) is 4.97. The second kappa shape index (κ2) is 6.39. The van der Waals surface area contributed by atoms with Gasteiger partial charge >= 0.3 is 5.97 Å². The lowest BCUT2D eigenvalue weighted by Crippen LogP contribution is -2.66. The minimum atomic E-state index is -1.31. The first-order valence-corrected chi connectivity index (χ1v) is 9.39. The van der Waals surface area contributed by atoms with Crippen LogP contribution in [0.2, 0.25) is 0 Å². The van der Waals surface area contributed by atoms with Crippen molar-refractivity contribution >= 4 is 17.8 Å². The highest BCUT2D eigenvalue weighted by molar-refractivity contribution is 6.02. The molecule has 0 aliphatic carbocycles. The van der Waals surface area contributed by atoms with Crippen molar-refractivity contribution in [2.24, 2.45) is 11.8 Å². The lowest BCUT2D eigenvalue weighted by molar-refractivity contribution is -0.169. The molecule has 3 aliphatic heterocycles. The molecule has 4 rings (SSSR count). The molecule has 0 aromatic heterocycles. The summed E-state index contributed by atoms with van der Waals surface area (Å²) in [4.78, 5) is 42.2. The number of esters is 1. The molecule has 8 nitrogen and oxygen atoms in total. The Kier molecular flexibility index (Phi) is 4.24. The predicted molar refractivity (Wildman–Crippen MR) is 97.7 cm³/mol. The summed E-state index contributed by atoms with van der Waals surface area (Å²) < 4.78 is 16.5. The zero-order valence-corrected chi connectivity index (χ0v) is 16.4. The first-order chi connectivity index (χ1) is 13.3. The van der Waals surface area contributed by atoms with Crippen LogP contribution >= 0.6 is 0 Å². The molecule has 2 saturated heterocycles. The summed E-state index contributed by atoms with van der Waals surface area (Å²) in [6.45, 7) is 3.80. The van der Waals surface area contributed by atoms with Gasteiger partial charge in [-0.25, -0.2) is 0 Å². The van der Waals surface area contributed by atoms with E-state index in [1.165, 1.54) is 4.90 Å². The Labute approximate surface area is 163 Å². The van der Waals surface area contributed by atoms with Gasteiger partial charge in [-0.3, -0.25) is 14.4 Å². The summed E-state index contributed by atoms with van der Waals surface area (Å²) in [5, 5.41) is 0. The van der Waals surface area contributed by atoms with Crippen LogP contribution in [0, 0.1) is 11.8 Å². The molecule has 0 unspecified atom stereocenters. The Morgan fingerprint density at radius 1 is 1.36 bits per heavy atom. The molecule has 0 radical (unpaired) electrons. The van der Waals surface area contributed by atoms with Crippen LogP contribution in [0.15, 0.2) is 18.2 Å². The number of hydrogen-bond acceptors (Lipinski definition) is 6. The number of nitrogens with zero attached hydrogens (tertiary/aromatic N) is 2. The number of hydrogen-bond donors (Lipinski definition) is 0. The maximum atomic E-state index is 13.2. The molecule has 150 valence electrons. The van der Waals surface area contributed by atoms with Crippen LogP contribution in [0.25, 0.3) is 0 Å². The predicted octanol–water partition coefficient (Wildman–Crippen LogP) is 0.997. The number of piperazine rings is 1. The van der Waals surface area contributed by atoms with Gasteiger partial charge in [-0.05, 0) is 26.0 Å². The standard InChI is InChI=1S/C20H24N2O6/c1-5-27-18(24)16-13-10-28-14-8-11(26-4)6-7-12(14)17(13)22-15(23)9-21(3)19(25)20(16,22)2/h6-8,13,16-17H,5,9-10H2,1-4H3/t13-,16-,17+,20-/m1/s1. The Morgan fingerprint density at radius 3 is 2.79 bits per heavy atom. The van der Waals surface area contributed by atoms with Crippen molar-refractivity contribution < 1.29 is 28.6 Å². The Balaban J connectivity index is 1.88. The van der Waals surface area contributed by atoms with Crippen molar-refractivity contribution in [3.8, 4) is 11.5 Å². The molecular formula is C20H24N2O6. The molecule has 28 heavy (non-hydrogen) atoms. The SMILES string of the molecule is CCOC(=O)[C@H]1[C@H]2COc3cc(OC)ccc3[C@@H]2N2C(=O)CN(C)C(=O)[C@@]12C. The second-order valence-corrected chi connectivity index (χ2v) is 7.63. The first kappa shape index (κ1) is 18.6. The quantitative estimate of drug-likeness (QED) is 0.718. The van der Waals surface area contributed by atoms with Crippen LogP contribution in [0.3, 0.4) is 0 Å². The highest BCUT2D eigenvalue weighted by Gasteiger charge is 2.68. The number of ether oxygens (including phenoxy) is 3. The maximum absolute atomic E-state index is 13.2. The first-order valence-electron chi connectivity index (χ1n) is 9.39. The molecule has 3 heterocycles. The normalized spacial score (nSPS) is 30.9. The monoisotopic (exact) mass is 388 g/mol. The van der Waals surface area contributed by atoms with Crippen molar-refractivity contribution in [1.29, 1.82) is 0 Å². The summed E-state index contributed by atoms with van der Waals surface area (Å²) in [6.07, 6.45) is 0. The van der Waals surface area contributed by atoms with Gasteiger partial charge in [0.25, 0.3) is 0 Å². The third kappa shape index (κ3) is 2.33. The third-order valence-electron chi connectivity index (χ3n) is 6.15. The van der Waals surface area contributed by atoms with Crippen molar-refractivity contribution in [2.45, 2.75) is 25.4 Å². The van der Waals surface area contributed by atoms with Crippen LogP contribution < -0.4 is 9.47 Å². The molecule has 0 saturated carbocycles. The van der Waals surface area contributed by atoms with Gasteiger partial charge in [0.2, 0.25) is 11.8 Å². The highest BCUT2D eigenvalue weighted by atomic mass is 16.5. The van der Waals surface area contributed by atoms with E-state index in [1.54, 1.807) is 45.0 Å². The maximum Gasteiger partial charge on any atom is 0.312 e. The van der Waals surface area contributed by atoms with Gasteiger partial charge in [-0.1, -0.05) is 0 Å². The van der Waals surface area contributed by atoms with E-state index in [4.69, 9.17) is 14.2 Å². The van der Waals surface area contributed by atoms with E-state index in [2.05, 4.69) is 0 Å². The molecule has 0 bridgehead atoms. The summed E-state index contributed by atoms with van der Waals surface area (Å²) in [5.74, 6) is -0.840. The Morgan fingerprint density at radius 2 is 2.11 bits per heavy atom. The van der Waals surface area contributed by atoms with E-state index in [9.17, 15) is 14.4 Å². The Bertz CT molecular complexity index is 855. The number of amides is 2. The third-order valence-corrected chi connectivity index (χ3v) is 6.15. The fourth-order valence-electron chi connectivity index (χ4n) is 5.01. The molecule has 0 spiro atoms. The molecule has 1 aromatic rings. The lowest BCUT2D eigenvalue weighted by Gasteiger charge is -2.45. The topological polar surface area (TPSA) is 85.4 Å². The summed E-state index contributed by atoms with van der Waals surface area (Å²) in [7, 11) is 3.15. The van der Waals surface area contributed by atoms with E-state index in [-0.39, 0.29) is 37.5 Å². The van der Waals surface area contributed by atoms with E-state index in [1.807, 2.05) is 6.07 Å². The molecule has 3 aliphatic rings. The minimum Gasteiger partial charge on any atom is -0.497 e. The van der Waals surface area contributed by atoms with Gasteiger partial charge in [0, 0.05) is 24.6 Å². The van der Waals surface area contributed by atoms with Crippen LogP contribution in [0.1, 0.15) is 25.5 Å². The molecule has 1 aromatic carbocycles. The van der Waals surface area contributed by atoms with Crippen LogP contribution in [0.4, 0.5) is 0 Å². The molecule has 2 amide bonds. The average Bonchev–Trinajstić information content (AvgIpc) is 2.96. The van der Waals surface area contributed by atoms with E-state index in [0.29, 0.717) is 11.5 Å². The van der Waals surface area contributed by atoms with Gasteiger partial charge in [-0.15, -0.1) is 0 Å². The number of likely N-dealkylation sites (N-methyl/N-ethyl adjacent to an activating group) is 1. The Hall–Kier alpha value is -2.77. The molecule has 2 fully saturated rings. The average molecular weight is 388 g/mol. The number of fused-ring (bicyclic) bond motifs is 5. The van der Waals surface area contributed by atoms with Gasteiger partial charge in [0.15, 0.2) is 0 Å². The number of rotatable bonds is 3. The number of carbonyl (C=O) groups is 3. The van der Waals surface area contributed by atoms with E-state index < -0.39 is 23.5 Å². The number of carbonyl (C=O) groups excluding carboxylic acids is 3. The van der Waals surface area contributed by atoms with Crippen LogP contribution in [-0.4, -0.2) is 67.0 Å². The van der Waals surface area contributed by atoms with E-state index >= 15 is 0 Å². The van der Waals surface area contributed by atoms with Gasteiger partial charge in [-0.2, -0.15) is 0 Å². The lowest BCUT2D eigenvalue weighted by atomic mass is 9.77. The van der Waals surface area contributed by atoms with Crippen molar-refractivity contribution in [3.63, 3.8) is 0 Å². The fraction of sp³-hybridized carbons (Fsp3) is 0.550. The van der Waals surface area contributed by atoms with Gasteiger partial charge in [0.05, 0.1) is 38.8 Å². The fourth-order valence-corrected chi connectivity index (χ4v) is 5.01. The zero-order chi connectivity index (χ0) is 20.2. The molecular weight excluding hydrogens is 364 g/mol. The smallest absolute Gasteiger partial charge is 0.312 e. The van der Waals surface area contributed by atoms with Crippen molar-refractivity contribution in [2.75, 3.05) is 33.9 Å². The highest BCUT2D eigenvalue weighted by Crippen LogP contribution is 2.56. The summed E-state index contributed by atoms with van der Waals surface area (Å²) in [5.41, 5.74) is -0.530. The summed E-state index contributed by atoms with van der Waals surface area (Å²) >= 11 is 0.